The van der Waals surface area contributed by atoms with E-state index in [1.54, 1.807) is 22.8 Å². The molecule has 1 amide bonds. The van der Waals surface area contributed by atoms with Gasteiger partial charge in [-0.15, -0.1) is 10.2 Å². The zero-order chi connectivity index (χ0) is 18.5. The van der Waals surface area contributed by atoms with Crippen LogP contribution in [0.4, 0.5) is 4.39 Å². The lowest BCUT2D eigenvalue weighted by Crippen LogP contribution is -2.24. The lowest BCUT2D eigenvalue weighted by Gasteiger charge is -2.06. The number of carbonyl (C=O) groups is 1. The number of hydrogen-bond acceptors (Lipinski definition) is 4. The van der Waals surface area contributed by atoms with Gasteiger partial charge < -0.3 is 9.88 Å². The Labute approximate surface area is 159 Å². The number of hydrogen-bond donors (Lipinski definition) is 1. The molecule has 0 aliphatic carbocycles. The van der Waals surface area contributed by atoms with Gasteiger partial charge in [0.2, 0.25) is 5.91 Å². The molecule has 0 unspecified atom stereocenters. The fourth-order valence-corrected chi connectivity index (χ4v) is 3.26. The Morgan fingerprint density at radius 1 is 1.19 bits per heavy atom. The molecule has 0 aliphatic heterocycles. The molecule has 3 aromatic rings. The molecule has 134 valence electrons. The molecule has 0 atom stereocenters. The minimum atomic E-state index is -0.299. The second-order valence-corrected chi connectivity index (χ2v) is 6.89. The molecule has 0 spiro atoms. The summed E-state index contributed by atoms with van der Waals surface area (Å²) in [7, 11) is 1.83. The monoisotopic (exact) mass is 390 g/mol. The summed E-state index contributed by atoms with van der Waals surface area (Å²) in [6, 6.07) is 13.4. The third-order valence-corrected chi connectivity index (χ3v) is 5.03. The van der Waals surface area contributed by atoms with Crippen LogP contribution in [0.3, 0.4) is 0 Å². The summed E-state index contributed by atoms with van der Waals surface area (Å²) in [6.07, 6.45) is 0. The van der Waals surface area contributed by atoms with Gasteiger partial charge in [0.15, 0.2) is 11.0 Å². The quantitative estimate of drug-likeness (QED) is 0.652. The van der Waals surface area contributed by atoms with Gasteiger partial charge in [-0.2, -0.15) is 0 Å². The first-order valence-corrected chi connectivity index (χ1v) is 9.19. The fraction of sp³-hybridized carbons (Fsp3) is 0.167. The molecule has 5 nitrogen and oxygen atoms in total. The normalized spacial score (nSPS) is 10.7. The Morgan fingerprint density at radius 3 is 2.65 bits per heavy atom. The third-order valence-electron chi connectivity index (χ3n) is 3.68. The van der Waals surface area contributed by atoms with Crippen LogP contribution in [0, 0.1) is 5.82 Å². The van der Waals surface area contributed by atoms with Gasteiger partial charge >= 0.3 is 0 Å². The number of rotatable bonds is 6. The first-order chi connectivity index (χ1) is 12.5. The molecular formula is C18H16ClFN4OS. The van der Waals surface area contributed by atoms with Crippen LogP contribution in [-0.4, -0.2) is 26.4 Å². The molecule has 0 fully saturated rings. The van der Waals surface area contributed by atoms with Crippen LogP contribution in [-0.2, 0) is 18.4 Å². The van der Waals surface area contributed by atoms with Crippen molar-refractivity contribution in [3.05, 3.63) is 64.9 Å². The summed E-state index contributed by atoms with van der Waals surface area (Å²) in [6.45, 7) is 0.351. The number of nitrogens with one attached hydrogen (secondary N) is 1. The molecule has 0 aliphatic rings. The van der Waals surface area contributed by atoms with Crippen LogP contribution in [0.2, 0.25) is 5.02 Å². The minimum absolute atomic E-state index is 0.137. The number of benzene rings is 2. The number of thioether (sulfide) groups is 1. The van der Waals surface area contributed by atoms with E-state index in [2.05, 4.69) is 15.5 Å². The summed E-state index contributed by atoms with van der Waals surface area (Å²) < 4.78 is 14.7. The molecular weight excluding hydrogens is 375 g/mol. The van der Waals surface area contributed by atoms with Gasteiger partial charge in [0, 0.05) is 19.2 Å². The van der Waals surface area contributed by atoms with Crippen molar-refractivity contribution in [3.63, 3.8) is 0 Å². The Bertz CT molecular complexity index is 914. The van der Waals surface area contributed by atoms with Crippen molar-refractivity contribution in [2.75, 3.05) is 5.75 Å². The molecule has 1 heterocycles. The number of halogens is 2. The maximum Gasteiger partial charge on any atom is 0.230 e. The van der Waals surface area contributed by atoms with Crippen molar-refractivity contribution in [1.29, 1.82) is 0 Å². The topological polar surface area (TPSA) is 59.8 Å². The number of nitrogens with zero attached hydrogens (tertiary/aromatic N) is 3. The standard InChI is InChI=1S/C18H16ClFN4OS/c1-24-17(14-4-2-3-5-15(14)19)22-23-18(24)26-11-16(25)21-10-12-6-8-13(20)9-7-12/h2-9H,10-11H2,1H3,(H,21,25). The van der Waals surface area contributed by atoms with Crippen molar-refractivity contribution < 1.29 is 9.18 Å². The molecule has 1 N–H and O–H groups in total. The van der Waals surface area contributed by atoms with Crippen LogP contribution in [0.5, 0.6) is 0 Å². The highest BCUT2D eigenvalue weighted by molar-refractivity contribution is 7.99. The maximum atomic E-state index is 12.9. The first kappa shape index (κ1) is 18.4. The van der Waals surface area contributed by atoms with E-state index in [1.807, 2.05) is 25.2 Å². The summed E-state index contributed by atoms with van der Waals surface area (Å²) >= 11 is 7.49. The van der Waals surface area contributed by atoms with E-state index in [1.165, 1.54) is 23.9 Å². The highest BCUT2D eigenvalue weighted by atomic mass is 35.5. The Balaban J connectivity index is 1.57. The van der Waals surface area contributed by atoms with Crippen LogP contribution >= 0.6 is 23.4 Å². The number of carbonyl (C=O) groups excluding carboxylic acids is 1. The summed E-state index contributed by atoms with van der Waals surface area (Å²) in [4.78, 5) is 12.0. The SMILES string of the molecule is Cn1c(SCC(=O)NCc2ccc(F)cc2)nnc1-c1ccccc1Cl. The van der Waals surface area contributed by atoms with Crippen molar-refractivity contribution in [2.24, 2.45) is 7.05 Å². The van der Waals surface area contributed by atoms with Gasteiger partial charge in [0.05, 0.1) is 10.8 Å². The van der Waals surface area contributed by atoms with Crippen molar-refractivity contribution in [2.45, 2.75) is 11.7 Å². The van der Waals surface area contributed by atoms with E-state index < -0.39 is 0 Å². The number of amides is 1. The van der Waals surface area contributed by atoms with E-state index in [0.29, 0.717) is 22.5 Å². The maximum absolute atomic E-state index is 12.9. The minimum Gasteiger partial charge on any atom is -0.351 e. The zero-order valence-electron chi connectivity index (χ0n) is 13.9. The van der Waals surface area contributed by atoms with Gasteiger partial charge in [0.1, 0.15) is 5.82 Å². The molecule has 0 radical (unpaired) electrons. The lowest BCUT2D eigenvalue weighted by molar-refractivity contribution is -0.118. The average Bonchev–Trinajstić information content (AvgIpc) is 3.00. The molecule has 8 heteroatoms. The first-order valence-electron chi connectivity index (χ1n) is 7.83. The van der Waals surface area contributed by atoms with Gasteiger partial charge in [-0.1, -0.05) is 47.6 Å². The predicted molar refractivity (Wildman–Crippen MR) is 100 cm³/mol. The Kier molecular flexibility index (Phi) is 5.90. The van der Waals surface area contributed by atoms with Crippen LogP contribution in [0.1, 0.15) is 5.56 Å². The van der Waals surface area contributed by atoms with Crippen LogP contribution < -0.4 is 5.32 Å². The van der Waals surface area contributed by atoms with Gasteiger partial charge in [-0.3, -0.25) is 4.79 Å². The van der Waals surface area contributed by atoms with E-state index in [9.17, 15) is 9.18 Å². The summed E-state index contributed by atoms with van der Waals surface area (Å²) in [5, 5.41) is 12.3. The second kappa shape index (κ2) is 8.33. The molecule has 0 saturated heterocycles. The highest BCUT2D eigenvalue weighted by Crippen LogP contribution is 2.28. The second-order valence-electron chi connectivity index (χ2n) is 5.54. The molecule has 0 bridgehead atoms. The average molecular weight is 391 g/mol. The predicted octanol–water partition coefficient (Wildman–Crippen LogP) is 3.68. The van der Waals surface area contributed by atoms with E-state index in [-0.39, 0.29) is 17.5 Å². The molecule has 3 rings (SSSR count). The zero-order valence-corrected chi connectivity index (χ0v) is 15.5. The van der Waals surface area contributed by atoms with Crippen LogP contribution in [0.15, 0.2) is 53.7 Å². The van der Waals surface area contributed by atoms with E-state index in [0.717, 1.165) is 11.1 Å². The van der Waals surface area contributed by atoms with Crippen LogP contribution in [0.25, 0.3) is 11.4 Å². The van der Waals surface area contributed by atoms with Gasteiger partial charge in [-0.05, 0) is 29.8 Å². The molecule has 26 heavy (non-hydrogen) atoms. The number of aromatic nitrogens is 3. The van der Waals surface area contributed by atoms with E-state index in [4.69, 9.17) is 11.6 Å². The Morgan fingerprint density at radius 2 is 1.92 bits per heavy atom. The molecule has 1 aromatic heterocycles. The fourth-order valence-electron chi connectivity index (χ4n) is 2.30. The van der Waals surface area contributed by atoms with Gasteiger partial charge in [0.25, 0.3) is 0 Å². The van der Waals surface area contributed by atoms with Crippen molar-refractivity contribution in [1.82, 2.24) is 20.1 Å². The summed E-state index contributed by atoms with van der Waals surface area (Å²) in [5.41, 5.74) is 1.63. The molecule has 2 aromatic carbocycles. The van der Waals surface area contributed by atoms with Gasteiger partial charge in [-0.25, -0.2) is 4.39 Å². The molecule has 0 saturated carbocycles. The third kappa shape index (κ3) is 4.42. The largest absolute Gasteiger partial charge is 0.351 e. The smallest absolute Gasteiger partial charge is 0.230 e. The lowest BCUT2D eigenvalue weighted by atomic mass is 10.2. The van der Waals surface area contributed by atoms with E-state index >= 15 is 0 Å². The highest BCUT2D eigenvalue weighted by Gasteiger charge is 2.14. The summed E-state index contributed by atoms with van der Waals surface area (Å²) in [5.74, 6) is 0.411. The Hall–Kier alpha value is -2.38. The van der Waals surface area contributed by atoms with Crippen molar-refractivity contribution in [3.8, 4) is 11.4 Å². The van der Waals surface area contributed by atoms with Crippen molar-refractivity contribution >= 4 is 29.3 Å².